The van der Waals surface area contributed by atoms with Gasteiger partial charge < -0.3 is 0 Å². The average molecular weight is 353 g/mol. The molecule has 0 saturated carbocycles. The Kier molecular flexibility index (Phi) is 4.67. The number of non-ortho nitro benzene ring substituents is 1. The Morgan fingerprint density at radius 2 is 1.88 bits per heavy atom. The lowest BCUT2D eigenvalue weighted by molar-refractivity contribution is -0.384. The van der Waals surface area contributed by atoms with Crippen LogP contribution >= 0.6 is 11.8 Å². The van der Waals surface area contributed by atoms with Gasteiger partial charge in [-0.25, -0.2) is 4.79 Å². The molecule has 126 valence electrons. The predicted molar refractivity (Wildman–Crippen MR) is 98.4 cm³/mol. The first-order valence-electron chi connectivity index (χ1n) is 7.50. The molecule has 2 aromatic carbocycles. The van der Waals surface area contributed by atoms with Gasteiger partial charge in [0.25, 0.3) is 5.69 Å². The summed E-state index contributed by atoms with van der Waals surface area (Å²) in [7, 11) is 0. The van der Waals surface area contributed by atoms with Crippen LogP contribution in [0.15, 0.2) is 64.3 Å². The largest absolute Gasteiger partial charge is 0.352 e. The summed E-state index contributed by atoms with van der Waals surface area (Å²) in [6, 6.07) is 15.5. The monoisotopic (exact) mass is 353 g/mol. The molecule has 6 nitrogen and oxygen atoms in total. The Bertz CT molecular complexity index is 1010. The smallest absolute Gasteiger partial charge is 0.264 e. The molecule has 0 bridgehead atoms. The molecule has 0 spiro atoms. The zero-order valence-corrected chi connectivity index (χ0v) is 14.5. The number of aryl methyl sites for hydroxylation is 1. The number of hydrogen-bond donors (Lipinski definition) is 0. The van der Waals surface area contributed by atoms with Gasteiger partial charge in [-0.2, -0.15) is 4.98 Å². The first-order chi connectivity index (χ1) is 12.0. The molecule has 3 rings (SSSR count). The highest BCUT2D eigenvalue weighted by Crippen LogP contribution is 2.26. The Morgan fingerprint density at radius 1 is 1.12 bits per heavy atom. The molecule has 3 aromatic rings. The maximum atomic E-state index is 12.6. The second-order valence-electron chi connectivity index (χ2n) is 5.38. The van der Waals surface area contributed by atoms with Crippen molar-refractivity contribution in [2.24, 2.45) is 0 Å². The van der Waals surface area contributed by atoms with Gasteiger partial charge in [-0.3, -0.25) is 14.7 Å². The summed E-state index contributed by atoms with van der Waals surface area (Å²) in [5, 5.41) is 10.9. The maximum Gasteiger partial charge on any atom is 0.352 e. The third-order valence-electron chi connectivity index (χ3n) is 3.78. The lowest BCUT2D eigenvalue weighted by Crippen LogP contribution is -2.24. The summed E-state index contributed by atoms with van der Waals surface area (Å²) in [5.41, 5.74) is 2.00. The highest BCUT2D eigenvalue weighted by atomic mass is 32.2. The first-order valence-corrected chi connectivity index (χ1v) is 8.72. The molecule has 0 unspecified atom stereocenters. The molecular formula is C18H15N3O3S. The van der Waals surface area contributed by atoms with Crippen LogP contribution in [0, 0.1) is 17.0 Å². The molecule has 1 aromatic heterocycles. The minimum Gasteiger partial charge on any atom is -0.264 e. The van der Waals surface area contributed by atoms with Crippen molar-refractivity contribution in [2.75, 3.05) is 6.26 Å². The van der Waals surface area contributed by atoms with Crippen molar-refractivity contribution in [3.63, 3.8) is 0 Å². The highest BCUT2D eigenvalue weighted by molar-refractivity contribution is 7.98. The molecule has 0 aliphatic heterocycles. The van der Waals surface area contributed by atoms with Gasteiger partial charge in [-0.05, 0) is 31.4 Å². The van der Waals surface area contributed by atoms with E-state index in [1.807, 2.05) is 37.4 Å². The van der Waals surface area contributed by atoms with Crippen LogP contribution in [0.5, 0.6) is 0 Å². The highest BCUT2D eigenvalue weighted by Gasteiger charge is 2.13. The quantitative estimate of drug-likeness (QED) is 0.404. The van der Waals surface area contributed by atoms with Crippen molar-refractivity contribution in [3.8, 4) is 16.9 Å². The van der Waals surface area contributed by atoms with Crippen LogP contribution < -0.4 is 5.69 Å². The molecule has 0 saturated heterocycles. The number of benzene rings is 2. The Hall–Kier alpha value is -2.93. The molecule has 0 amide bonds. The fraction of sp³-hybridized carbons (Fsp3) is 0.111. The van der Waals surface area contributed by atoms with Gasteiger partial charge in [0.1, 0.15) is 0 Å². The number of thioether (sulfide) groups is 1. The predicted octanol–water partition coefficient (Wildman–Crippen LogP) is 3.84. The van der Waals surface area contributed by atoms with Gasteiger partial charge >= 0.3 is 5.69 Å². The third kappa shape index (κ3) is 3.32. The molecule has 0 aliphatic rings. The van der Waals surface area contributed by atoms with Gasteiger partial charge in [-0.15, -0.1) is 11.8 Å². The Labute approximate surface area is 148 Å². The van der Waals surface area contributed by atoms with Gasteiger partial charge in [0.05, 0.1) is 16.3 Å². The van der Waals surface area contributed by atoms with Crippen molar-refractivity contribution < 1.29 is 4.92 Å². The van der Waals surface area contributed by atoms with Crippen LogP contribution in [-0.2, 0) is 0 Å². The maximum absolute atomic E-state index is 12.6. The molecule has 1 heterocycles. The second kappa shape index (κ2) is 6.90. The summed E-state index contributed by atoms with van der Waals surface area (Å²) in [4.78, 5) is 28.2. The van der Waals surface area contributed by atoms with E-state index in [-0.39, 0.29) is 5.69 Å². The van der Waals surface area contributed by atoms with Crippen molar-refractivity contribution in [2.45, 2.75) is 11.8 Å². The molecule has 25 heavy (non-hydrogen) atoms. The van der Waals surface area contributed by atoms with Crippen LogP contribution in [0.4, 0.5) is 5.69 Å². The lowest BCUT2D eigenvalue weighted by Gasteiger charge is -2.13. The minimum atomic E-state index is -0.466. The zero-order chi connectivity index (χ0) is 18.0. The molecule has 0 radical (unpaired) electrons. The van der Waals surface area contributed by atoms with E-state index in [9.17, 15) is 14.9 Å². The van der Waals surface area contributed by atoms with E-state index in [2.05, 4.69) is 4.98 Å². The molecule has 7 heteroatoms. The number of nitro benzene ring substituents is 1. The van der Waals surface area contributed by atoms with Crippen molar-refractivity contribution in [1.29, 1.82) is 0 Å². The normalized spacial score (nSPS) is 10.6. The van der Waals surface area contributed by atoms with Crippen LogP contribution in [0.2, 0.25) is 0 Å². The van der Waals surface area contributed by atoms with E-state index >= 15 is 0 Å². The van der Waals surface area contributed by atoms with Crippen LogP contribution in [0.25, 0.3) is 16.9 Å². The van der Waals surface area contributed by atoms with E-state index in [0.717, 1.165) is 10.6 Å². The number of hydrogen-bond acceptors (Lipinski definition) is 5. The van der Waals surface area contributed by atoms with E-state index in [0.29, 0.717) is 17.0 Å². The summed E-state index contributed by atoms with van der Waals surface area (Å²) >= 11 is 1.55. The van der Waals surface area contributed by atoms with Crippen molar-refractivity contribution in [1.82, 2.24) is 9.55 Å². The summed E-state index contributed by atoms with van der Waals surface area (Å²) in [6.07, 6.45) is 1.95. The first kappa shape index (κ1) is 16.9. The van der Waals surface area contributed by atoms with E-state index in [1.165, 1.54) is 12.1 Å². The number of nitro groups is 1. The van der Waals surface area contributed by atoms with Crippen LogP contribution in [-0.4, -0.2) is 20.7 Å². The number of nitrogens with zero attached hydrogens (tertiary/aromatic N) is 3. The zero-order valence-electron chi connectivity index (χ0n) is 13.7. The number of para-hydroxylation sites is 1. The van der Waals surface area contributed by atoms with Crippen molar-refractivity contribution in [3.05, 3.63) is 80.9 Å². The molecule has 0 atom stereocenters. The second-order valence-corrected chi connectivity index (χ2v) is 6.23. The Balaban J connectivity index is 2.15. The summed E-state index contributed by atoms with van der Waals surface area (Å²) in [5.74, 6) is 0. The van der Waals surface area contributed by atoms with E-state index in [1.54, 1.807) is 34.5 Å². The van der Waals surface area contributed by atoms with Gasteiger partial charge in [-0.1, -0.05) is 24.3 Å². The lowest BCUT2D eigenvalue weighted by atomic mass is 10.1. The fourth-order valence-corrected chi connectivity index (χ4v) is 3.22. The standard InChI is InChI=1S/C18H15N3O3S/c1-12-10-15(13-6-5-7-14(11-13)21(23)24)19-18(22)20(12)16-8-3-4-9-17(16)25-2/h3-11H,1-2H3. The minimum absolute atomic E-state index is 0.0335. The topological polar surface area (TPSA) is 78.0 Å². The number of rotatable bonds is 4. The molecule has 0 fully saturated rings. The number of aromatic nitrogens is 2. The molecular weight excluding hydrogens is 338 g/mol. The fourth-order valence-electron chi connectivity index (χ4n) is 2.63. The Morgan fingerprint density at radius 3 is 2.56 bits per heavy atom. The molecule has 0 N–H and O–H groups in total. The third-order valence-corrected chi connectivity index (χ3v) is 4.57. The van der Waals surface area contributed by atoms with Gasteiger partial charge in [0.2, 0.25) is 0 Å². The van der Waals surface area contributed by atoms with Crippen molar-refractivity contribution >= 4 is 17.4 Å². The summed E-state index contributed by atoms with van der Waals surface area (Å²) < 4.78 is 1.55. The van der Waals surface area contributed by atoms with Gasteiger partial charge in [0, 0.05) is 28.3 Å². The van der Waals surface area contributed by atoms with Gasteiger partial charge in [0.15, 0.2) is 0 Å². The van der Waals surface area contributed by atoms with E-state index in [4.69, 9.17) is 0 Å². The van der Waals surface area contributed by atoms with E-state index < -0.39 is 10.6 Å². The van der Waals surface area contributed by atoms with Crippen LogP contribution in [0.3, 0.4) is 0 Å². The SMILES string of the molecule is CSc1ccccc1-n1c(C)cc(-c2cccc([N+](=O)[O-])c2)nc1=O. The van der Waals surface area contributed by atoms with Crippen LogP contribution in [0.1, 0.15) is 5.69 Å². The average Bonchev–Trinajstić information content (AvgIpc) is 2.61. The molecule has 0 aliphatic carbocycles. The summed E-state index contributed by atoms with van der Waals surface area (Å²) in [6.45, 7) is 1.82.